The summed E-state index contributed by atoms with van der Waals surface area (Å²) in [5.41, 5.74) is 1.39. The van der Waals surface area contributed by atoms with Crippen LogP contribution < -0.4 is 5.32 Å². The van der Waals surface area contributed by atoms with Crippen LogP contribution >= 0.6 is 11.6 Å². The van der Waals surface area contributed by atoms with Crippen LogP contribution in [0.25, 0.3) is 0 Å². The maximum atomic E-state index is 9.27. The number of anilines is 1. The van der Waals surface area contributed by atoms with Gasteiger partial charge in [-0.15, -0.1) is 0 Å². The zero-order chi connectivity index (χ0) is 13.0. The van der Waals surface area contributed by atoms with Gasteiger partial charge in [-0.2, -0.15) is 5.26 Å². The van der Waals surface area contributed by atoms with Crippen molar-refractivity contribution in [1.82, 2.24) is 0 Å². The van der Waals surface area contributed by atoms with Gasteiger partial charge in [-0.3, -0.25) is 0 Å². The molecule has 0 heterocycles. The van der Waals surface area contributed by atoms with E-state index in [-0.39, 0.29) is 6.61 Å². The molecule has 18 heavy (non-hydrogen) atoms. The molecule has 1 saturated carbocycles. The van der Waals surface area contributed by atoms with Crippen LogP contribution in [-0.2, 0) is 0 Å². The van der Waals surface area contributed by atoms with E-state index in [0.29, 0.717) is 22.4 Å². The minimum atomic E-state index is 0.262. The van der Waals surface area contributed by atoms with Crippen molar-refractivity contribution in [3.05, 3.63) is 28.8 Å². The molecule has 0 saturated heterocycles. The standard InChI is InChI=1S/C14H17ClN2O/c15-13-4-5-14(12(6-13)7-16)17-8-10-2-1-3-11(10)9-18/h4-6,10-11,17-18H,1-3,8-9H2. The first-order valence-corrected chi connectivity index (χ1v) is 6.66. The summed E-state index contributed by atoms with van der Waals surface area (Å²) in [5, 5.41) is 22.2. The minimum Gasteiger partial charge on any atom is -0.396 e. The Labute approximate surface area is 112 Å². The molecule has 2 N–H and O–H groups in total. The smallest absolute Gasteiger partial charge is 0.101 e. The SMILES string of the molecule is N#Cc1cc(Cl)ccc1NCC1CCCC1CO. The van der Waals surface area contributed by atoms with Crippen molar-refractivity contribution >= 4 is 17.3 Å². The number of rotatable bonds is 4. The van der Waals surface area contributed by atoms with Gasteiger partial charge >= 0.3 is 0 Å². The number of aliphatic hydroxyl groups excluding tert-OH is 1. The van der Waals surface area contributed by atoms with Gasteiger partial charge < -0.3 is 10.4 Å². The monoisotopic (exact) mass is 264 g/mol. The number of hydrogen-bond donors (Lipinski definition) is 2. The average molecular weight is 265 g/mol. The van der Waals surface area contributed by atoms with E-state index in [9.17, 15) is 5.11 Å². The molecule has 0 aromatic heterocycles. The summed E-state index contributed by atoms with van der Waals surface area (Å²) in [5.74, 6) is 0.896. The van der Waals surface area contributed by atoms with Crippen molar-refractivity contribution in [3.8, 4) is 6.07 Å². The van der Waals surface area contributed by atoms with Gasteiger partial charge in [0, 0.05) is 18.2 Å². The second-order valence-electron chi connectivity index (χ2n) is 4.82. The van der Waals surface area contributed by atoms with Gasteiger partial charge in [-0.05, 0) is 42.9 Å². The molecular formula is C14H17ClN2O. The largest absolute Gasteiger partial charge is 0.396 e. The number of nitrogens with one attached hydrogen (secondary N) is 1. The Morgan fingerprint density at radius 1 is 1.39 bits per heavy atom. The lowest BCUT2D eigenvalue weighted by Gasteiger charge is -2.19. The van der Waals surface area contributed by atoms with Crippen LogP contribution in [0.4, 0.5) is 5.69 Å². The number of hydrogen-bond acceptors (Lipinski definition) is 3. The first-order chi connectivity index (χ1) is 8.74. The lowest BCUT2D eigenvalue weighted by atomic mass is 9.97. The molecule has 2 unspecified atom stereocenters. The number of nitrogens with zero attached hydrogens (tertiary/aromatic N) is 1. The molecule has 0 spiro atoms. The molecule has 0 aliphatic heterocycles. The first-order valence-electron chi connectivity index (χ1n) is 6.29. The average Bonchev–Trinajstić information content (AvgIpc) is 2.84. The summed E-state index contributed by atoms with van der Waals surface area (Å²) in [6.07, 6.45) is 3.44. The zero-order valence-electron chi connectivity index (χ0n) is 10.2. The second kappa shape index (κ2) is 6.08. The van der Waals surface area contributed by atoms with Crippen LogP contribution in [0.1, 0.15) is 24.8 Å². The molecule has 3 nitrogen and oxygen atoms in total. The third kappa shape index (κ3) is 2.95. The van der Waals surface area contributed by atoms with E-state index in [0.717, 1.165) is 25.1 Å². The maximum absolute atomic E-state index is 9.27. The molecule has 1 aliphatic rings. The van der Waals surface area contributed by atoms with E-state index in [1.54, 1.807) is 12.1 Å². The van der Waals surface area contributed by atoms with E-state index in [1.807, 2.05) is 6.07 Å². The molecule has 0 amide bonds. The van der Waals surface area contributed by atoms with E-state index in [2.05, 4.69) is 11.4 Å². The maximum Gasteiger partial charge on any atom is 0.101 e. The molecule has 2 rings (SSSR count). The topological polar surface area (TPSA) is 56.0 Å². The predicted octanol–water partition coefficient (Wildman–Crippen LogP) is 3.03. The number of halogens is 1. The number of benzene rings is 1. The van der Waals surface area contributed by atoms with Gasteiger partial charge in [0.15, 0.2) is 0 Å². The zero-order valence-corrected chi connectivity index (χ0v) is 11.0. The fourth-order valence-corrected chi connectivity index (χ4v) is 2.80. The summed E-state index contributed by atoms with van der Waals surface area (Å²) in [4.78, 5) is 0. The lowest BCUT2D eigenvalue weighted by molar-refractivity contribution is 0.199. The Bertz CT molecular complexity index is 456. The molecule has 96 valence electrons. The summed E-state index contributed by atoms with van der Waals surface area (Å²) in [7, 11) is 0. The molecule has 0 radical (unpaired) electrons. The van der Waals surface area contributed by atoms with Gasteiger partial charge in [0.2, 0.25) is 0 Å². The van der Waals surface area contributed by atoms with E-state index in [4.69, 9.17) is 16.9 Å². The van der Waals surface area contributed by atoms with Crippen molar-refractivity contribution in [2.75, 3.05) is 18.5 Å². The molecule has 2 atom stereocenters. The van der Waals surface area contributed by atoms with Crippen LogP contribution in [0.15, 0.2) is 18.2 Å². The fraction of sp³-hybridized carbons (Fsp3) is 0.500. The highest BCUT2D eigenvalue weighted by Crippen LogP contribution is 2.31. The van der Waals surface area contributed by atoms with Crippen molar-refractivity contribution < 1.29 is 5.11 Å². The normalized spacial score (nSPS) is 22.7. The summed E-state index contributed by atoms with van der Waals surface area (Å²) < 4.78 is 0. The van der Waals surface area contributed by atoms with Gasteiger partial charge in [-0.1, -0.05) is 18.0 Å². The summed E-state index contributed by atoms with van der Waals surface area (Å²) in [6, 6.07) is 7.43. The van der Waals surface area contributed by atoms with Gasteiger partial charge in [-0.25, -0.2) is 0 Å². The Kier molecular flexibility index (Phi) is 4.46. The van der Waals surface area contributed by atoms with Crippen LogP contribution in [0.3, 0.4) is 0 Å². The van der Waals surface area contributed by atoms with Crippen molar-refractivity contribution in [2.24, 2.45) is 11.8 Å². The van der Waals surface area contributed by atoms with Crippen LogP contribution in [-0.4, -0.2) is 18.3 Å². The third-order valence-electron chi connectivity index (χ3n) is 3.71. The molecule has 1 aromatic carbocycles. The molecule has 4 heteroatoms. The van der Waals surface area contributed by atoms with Crippen molar-refractivity contribution in [1.29, 1.82) is 5.26 Å². The highest BCUT2D eigenvalue weighted by atomic mass is 35.5. The van der Waals surface area contributed by atoms with Crippen molar-refractivity contribution in [2.45, 2.75) is 19.3 Å². The van der Waals surface area contributed by atoms with Crippen molar-refractivity contribution in [3.63, 3.8) is 0 Å². The number of aliphatic hydroxyl groups is 1. The van der Waals surface area contributed by atoms with Crippen LogP contribution in [0, 0.1) is 23.2 Å². The van der Waals surface area contributed by atoms with Gasteiger partial charge in [0.05, 0.1) is 11.3 Å². The van der Waals surface area contributed by atoms with E-state index < -0.39 is 0 Å². The predicted molar refractivity (Wildman–Crippen MR) is 72.6 cm³/mol. The minimum absolute atomic E-state index is 0.262. The van der Waals surface area contributed by atoms with Crippen LogP contribution in [0.5, 0.6) is 0 Å². The quantitative estimate of drug-likeness (QED) is 0.879. The Morgan fingerprint density at radius 3 is 2.89 bits per heavy atom. The molecule has 1 fully saturated rings. The summed E-state index contributed by atoms with van der Waals surface area (Å²) >= 11 is 5.86. The molecule has 0 bridgehead atoms. The Balaban J connectivity index is 2.00. The first kappa shape index (κ1) is 13.2. The summed E-state index contributed by atoms with van der Waals surface area (Å²) in [6.45, 7) is 1.07. The lowest BCUT2D eigenvalue weighted by Crippen LogP contribution is -2.21. The van der Waals surface area contributed by atoms with Gasteiger partial charge in [0.1, 0.15) is 6.07 Å². The molecule has 1 aromatic rings. The number of nitriles is 1. The molecule has 1 aliphatic carbocycles. The fourth-order valence-electron chi connectivity index (χ4n) is 2.63. The molecular weight excluding hydrogens is 248 g/mol. The van der Waals surface area contributed by atoms with E-state index >= 15 is 0 Å². The van der Waals surface area contributed by atoms with E-state index in [1.165, 1.54) is 6.42 Å². The highest BCUT2D eigenvalue weighted by molar-refractivity contribution is 6.30. The Morgan fingerprint density at radius 2 is 2.17 bits per heavy atom. The third-order valence-corrected chi connectivity index (χ3v) is 3.94. The van der Waals surface area contributed by atoms with Gasteiger partial charge in [0.25, 0.3) is 0 Å². The highest BCUT2D eigenvalue weighted by Gasteiger charge is 2.26. The Hall–Kier alpha value is -1.24. The second-order valence-corrected chi connectivity index (χ2v) is 5.25. The van der Waals surface area contributed by atoms with Crippen LogP contribution in [0.2, 0.25) is 5.02 Å².